The van der Waals surface area contributed by atoms with Crippen LogP contribution in [0.4, 0.5) is 0 Å². The van der Waals surface area contributed by atoms with Crippen molar-refractivity contribution < 1.29 is 19.7 Å². The molecular formula is C21H20O4. The number of hydrogen-bond acceptors (Lipinski definition) is 3. The van der Waals surface area contributed by atoms with Gasteiger partial charge in [-0.1, -0.05) is 24.3 Å². The van der Waals surface area contributed by atoms with E-state index in [2.05, 4.69) is 0 Å². The largest absolute Gasteiger partial charge is 0.496 e. The second kappa shape index (κ2) is 6.57. The van der Waals surface area contributed by atoms with Gasteiger partial charge in [-0.2, -0.15) is 0 Å². The van der Waals surface area contributed by atoms with Gasteiger partial charge in [0.05, 0.1) is 12.7 Å². The summed E-state index contributed by atoms with van der Waals surface area (Å²) in [7, 11) is 1.66. The number of methoxy groups -OCH3 is 1. The molecule has 0 amide bonds. The number of ether oxygens (including phenoxy) is 1. The third-order valence-electron chi connectivity index (χ3n) is 4.60. The third kappa shape index (κ3) is 3.08. The summed E-state index contributed by atoms with van der Waals surface area (Å²) in [6, 6.07) is 14.1. The van der Waals surface area contributed by atoms with Crippen molar-refractivity contribution in [2.45, 2.75) is 20.0 Å². The Morgan fingerprint density at radius 3 is 2.20 bits per heavy atom. The van der Waals surface area contributed by atoms with Gasteiger partial charge in [0.1, 0.15) is 11.9 Å². The molecule has 0 aliphatic rings. The van der Waals surface area contributed by atoms with Crippen LogP contribution in [0.2, 0.25) is 0 Å². The molecule has 0 radical (unpaired) electrons. The Balaban J connectivity index is 2.03. The predicted molar refractivity (Wildman–Crippen MR) is 97.4 cm³/mol. The number of benzene rings is 3. The van der Waals surface area contributed by atoms with E-state index in [1.165, 1.54) is 12.1 Å². The normalized spacial score (nSPS) is 12.2. The van der Waals surface area contributed by atoms with E-state index in [1.54, 1.807) is 19.2 Å². The summed E-state index contributed by atoms with van der Waals surface area (Å²) in [4.78, 5) is 10.9. The Labute approximate surface area is 146 Å². The van der Waals surface area contributed by atoms with Gasteiger partial charge in [-0.05, 0) is 71.1 Å². The van der Waals surface area contributed by atoms with E-state index in [4.69, 9.17) is 9.84 Å². The topological polar surface area (TPSA) is 66.8 Å². The molecule has 0 spiro atoms. The summed E-state index contributed by atoms with van der Waals surface area (Å²) in [5.41, 5.74) is 3.77. The maximum Gasteiger partial charge on any atom is 0.335 e. The summed E-state index contributed by atoms with van der Waals surface area (Å²) >= 11 is 0. The van der Waals surface area contributed by atoms with Crippen LogP contribution >= 0.6 is 0 Å². The number of carboxylic acid groups (broad SMARTS) is 1. The molecule has 2 N–H and O–H groups in total. The van der Waals surface area contributed by atoms with Crippen molar-refractivity contribution in [1.29, 1.82) is 0 Å². The third-order valence-corrected chi connectivity index (χ3v) is 4.60. The zero-order valence-corrected chi connectivity index (χ0v) is 14.4. The van der Waals surface area contributed by atoms with E-state index < -0.39 is 12.1 Å². The quantitative estimate of drug-likeness (QED) is 0.747. The molecule has 128 valence electrons. The standard InChI is InChI=1S/C21H20O4/c1-12-10-19(25-3)13(2)17-9-8-16(11-18(12)17)20(22)14-4-6-15(7-5-14)21(23)24/h4-11,20,22H,1-3H3,(H,23,24). The van der Waals surface area contributed by atoms with E-state index in [-0.39, 0.29) is 5.56 Å². The zero-order valence-electron chi connectivity index (χ0n) is 14.4. The van der Waals surface area contributed by atoms with Gasteiger partial charge in [0, 0.05) is 0 Å². The molecule has 3 aromatic carbocycles. The lowest BCUT2D eigenvalue weighted by atomic mass is 9.94. The Bertz CT molecular complexity index is 942. The molecule has 1 unspecified atom stereocenters. The highest BCUT2D eigenvalue weighted by Gasteiger charge is 2.14. The van der Waals surface area contributed by atoms with Crippen LogP contribution in [-0.4, -0.2) is 23.3 Å². The molecule has 3 rings (SSSR count). The number of aliphatic hydroxyl groups excluding tert-OH is 1. The lowest BCUT2D eigenvalue weighted by Crippen LogP contribution is -2.02. The van der Waals surface area contributed by atoms with Crippen LogP contribution in [0.25, 0.3) is 10.8 Å². The van der Waals surface area contributed by atoms with Crippen LogP contribution in [0.15, 0.2) is 48.5 Å². The molecular weight excluding hydrogens is 316 g/mol. The van der Waals surface area contributed by atoms with Crippen molar-refractivity contribution in [3.05, 3.63) is 76.3 Å². The van der Waals surface area contributed by atoms with Crippen molar-refractivity contribution in [1.82, 2.24) is 0 Å². The predicted octanol–water partition coefficient (Wildman–Crippen LogP) is 4.25. The van der Waals surface area contributed by atoms with Crippen LogP contribution in [-0.2, 0) is 0 Å². The fourth-order valence-electron chi connectivity index (χ4n) is 3.11. The minimum Gasteiger partial charge on any atom is -0.496 e. The molecule has 0 aromatic heterocycles. The summed E-state index contributed by atoms with van der Waals surface area (Å²) in [6.45, 7) is 4.03. The average Bonchev–Trinajstić information content (AvgIpc) is 2.63. The molecule has 0 aliphatic heterocycles. The van der Waals surface area contributed by atoms with Crippen LogP contribution in [0.1, 0.15) is 38.7 Å². The molecule has 0 fully saturated rings. The van der Waals surface area contributed by atoms with Gasteiger partial charge in [0.25, 0.3) is 0 Å². The van der Waals surface area contributed by atoms with Gasteiger partial charge in [-0.3, -0.25) is 0 Å². The van der Waals surface area contributed by atoms with E-state index in [0.29, 0.717) is 5.56 Å². The highest BCUT2D eigenvalue weighted by Crippen LogP contribution is 2.33. The van der Waals surface area contributed by atoms with Gasteiger partial charge < -0.3 is 14.9 Å². The van der Waals surface area contributed by atoms with Crippen LogP contribution < -0.4 is 4.74 Å². The molecule has 25 heavy (non-hydrogen) atoms. The first-order valence-corrected chi connectivity index (χ1v) is 8.01. The van der Waals surface area contributed by atoms with E-state index >= 15 is 0 Å². The highest BCUT2D eigenvalue weighted by molar-refractivity contribution is 5.91. The van der Waals surface area contributed by atoms with Crippen molar-refractivity contribution >= 4 is 16.7 Å². The number of carboxylic acids is 1. The fraction of sp³-hybridized carbons (Fsp3) is 0.190. The first-order chi connectivity index (χ1) is 11.9. The fourth-order valence-corrected chi connectivity index (χ4v) is 3.11. The minimum absolute atomic E-state index is 0.202. The van der Waals surface area contributed by atoms with E-state index in [1.807, 2.05) is 38.1 Å². The van der Waals surface area contributed by atoms with Crippen LogP contribution in [0.3, 0.4) is 0 Å². The Morgan fingerprint density at radius 1 is 0.960 bits per heavy atom. The van der Waals surface area contributed by atoms with E-state index in [0.717, 1.165) is 33.2 Å². The summed E-state index contributed by atoms with van der Waals surface area (Å²) in [6.07, 6.45) is -0.811. The second-order valence-electron chi connectivity index (χ2n) is 6.16. The van der Waals surface area contributed by atoms with Crippen molar-refractivity contribution in [2.75, 3.05) is 7.11 Å². The van der Waals surface area contributed by atoms with E-state index in [9.17, 15) is 9.90 Å². The molecule has 0 heterocycles. The highest BCUT2D eigenvalue weighted by atomic mass is 16.5. The molecule has 0 saturated carbocycles. The number of fused-ring (bicyclic) bond motifs is 1. The molecule has 3 aromatic rings. The van der Waals surface area contributed by atoms with Gasteiger partial charge in [-0.25, -0.2) is 4.79 Å². The Kier molecular flexibility index (Phi) is 4.47. The van der Waals surface area contributed by atoms with Crippen molar-refractivity contribution in [3.63, 3.8) is 0 Å². The summed E-state index contributed by atoms with van der Waals surface area (Å²) < 4.78 is 5.41. The molecule has 4 heteroatoms. The number of rotatable bonds is 4. The lowest BCUT2D eigenvalue weighted by molar-refractivity contribution is 0.0696. The summed E-state index contributed by atoms with van der Waals surface area (Å²) in [5, 5.41) is 21.8. The van der Waals surface area contributed by atoms with Crippen molar-refractivity contribution in [3.8, 4) is 5.75 Å². The second-order valence-corrected chi connectivity index (χ2v) is 6.16. The Morgan fingerprint density at radius 2 is 1.60 bits per heavy atom. The number of hydrogen-bond donors (Lipinski definition) is 2. The zero-order chi connectivity index (χ0) is 18.1. The number of aromatic carboxylic acids is 1. The van der Waals surface area contributed by atoms with Crippen LogP contribution in [0.5, 0.6) is 5.75 Å². The molecule has 0 saturated heterocycles. The molecule has 4 nitrogen and oxygen atoms in total. The maximum absolute atomic E-state index is 10.9. The van der Waals surface area contributed by atoms with Crippen LogP contribution in [0, 0.1) is 13.8 Å². The smallest absolute Gasteiger partial charge is 0.335 e. The number of aliphatic hydroxyl groups is 1. The summed E-state index contributed by atoms with van der Waals surface area (Å²) in [5.74, 6) is -0.130. The molecule has 0 aliphatic carbocycles. The number of aryl methyl sites for hydroxylation is 2. The van der Waals surface area contributed by atoms with Crippen molar-refractivity contribution in [2.24, 2.45) is 0 Å². The van der Waals surface area contributed by atoms with Gasteiger partial charge in [-0.15, -0.1) is 0 Å². The van der Waals surface area contributed by atoms with Gasteiger partial charge in [0.2, 0.25) is 0 Å². The monoisotopic (exact) mass is 336 g/mol. The first-order valence-electron chi connectivity index (χ1n) is 8.01. The average molecular weight is 336 g/mol. The molecule has 1 atom stereocenters. The number of carbonyl (C=O) groups is 1. The minimum atomic E-state index is -0.980. The van der Waals surface area contributed by atoms with Gasteiger partial charge in [0.15, 0.2) is 0 Å². The SMILES string of the molecule is COc1cc(C)c2cc(C(O)c3ccc(C(=O)O)cc3)ccc2c1C. The first kappa shape index (κ1) is 17.0. The Hall–Kier alpha value is -2.85. The lowest BCUT2D eigenvalue weighted by Gasteiger charge is -2.16. The molecule has 0 bridgehead atoms. The maximum atomic E-state index is 10.9. The van der Waals surface area contributed by atoms with Gasteiger partial charge >= 0.3 is 5.97 Å².